The van der Waals surface area contributed by atoms with Crippen molar-refractivity contribution in [1.29, 1.82) is 0 Å². The molecule has 1 aliphatic heterocycles. The van der Waals surface area contributed by atoms with Gasteiger partial charge in [0, 0.05) is 11.4 Å². The maximum absolute atomic E-state index is 5.58. The minimum absolute atomic E-state index is 0.282. The smallest absolute Gasteiger partial charge is 0.0749 e. The van der Waals surface area contributed by atoms with Crippen LogP contribution in [0.1, 0.15) is 27.2 Å². The summed E-state index contributed by atoms with van der Waals surface area (Å²) in [6.45, 7) is 7.57. The van der Waals surface area contributed by atoms with Gasteiger partial charge < -0.3 is 4.74 Å². The third kappa shape index (κ3) is 1.73. The average Bonchev–Trinajstić information content (AvgIpc) is 2.11. The molecule has 0 saturated carbocycles. The SMILES string of the molecule is CC(C)(C)[C@@H]1OCC[C@@H]1Br. The van der Waals surface area contributed by atoms with Gasteiger partial charge in [-0.25, -0.2) is 0 Å². The Morgan fingerprint density at radius 3 is 2.20 bits per heavy atom. The van der Waals surface area contributed by atoms with Crippen LogP contribution >= 0.6 is 15.9 Å². The molecule has 0 aliphatic carbocycles. The van der Waals surface area contributed by atoms with Crippen molar-refractivity contribution in [2.24, 2.45) is 5.41 Å². The van der Waals surface area contributed by atoms with Crippen LogP contribution in [0.25, 0.3) is 0 Å². The van der Waals surface area contributed by atoms with Gasteiger partial charge in [0.1, 0.15) is 0 Å². The molecule has 10 heavy (non-hydrogen) atoms. The molecule has 0 spiro atoms. The minimum Gasteiger partial charge on any atom is -0.376 e. The van der Waals surface area contributed by atoms with Gasteiger partial charge in [-0.15, -0.1) is 0 Å². The molecule has 0 aromatic carbocycles. The molecule has 1 nitrogen and oxygen atoms in total. The van der Waals surface area contributed by atoms with Crippen LogP contribution in [0.2, 0.25) is 0 Å². The van der Waals surface area contributed by atoms with Gasteiger partial charge in [0.15, 0.2) is 0 Å². The zero-order valence-corrected chi connectivity index (χ0v) is 8.44. The van der Waals surface area contributed by atoms with E-state index < -0.39 is 0 Å². The molecule has 1 aliphatic rings. The van der Waals surface area contributed by atoms with E-state index in [1.165, 1.54) is 0 Å². The largest absolute Gasteiger partial charge is 0.376 e. The van der Waals surface area contributed by atoms with Crippen molar-refractivity contribution in [2.45, 2.75) is 38.1 Å². The van der Waals surface area contributed by atoms with Gasteiger partial charge in [0.2, 0.25) is 0 Å². The number of hydrogen-bond acceptors (Lipinski definition) is 1. The zero-order valence-electron chi connectivity index (χ0n) is 6.86. The first-order valence-electron chi connectivity index (χ1n) is 3.77. The van der Waals surface area contributed by atoms with Crippen LogP contribution in [-0.4, -0.2) is 17.5 Å². The van der Waals surface area contributed by atoms with Gasteiger partial charge in [-0.1, -0.05) is 36.7 Å². The second kappa shape index (κ2) is 2.82. The summed E-state index contributed by atoms with van der Waals surface area (Å²) in [7, 11) is 0. The van der Waals surface area contributed by atoms with Crippen LogP contribution in [0.15, 0.2) is 0 Å². The van der Waals surface area contributed by atoms with Crippen molar-refractivity contribution in [3.05, 3.63) is 0 Å². The minimum atomic E-state index is 0.282. The van der Waals surface area contributed by atoms with Crippen molar-refractivity contribution in [3.63, 3.8) is 0 Å². The Morgan fingerprint density at radius 1 is 1.40 bits per heavy atom. The lowest BCUT2D eigenvalue weighted by Crippen LogP contribution is -2.31. The standard InChI is InChI=1S/C8H15BrO/c1-8(2,3)7-6(9)4-5-10-7/h6-7H,4-5H2,1-3H3/t6-,7+/m0/s1. The summed E-state index contributed by atoms with van der Waals surface area (Å²) in [4.78, 5) is 0.562. The Balaban J connectivity index is 2.55. The highest BCUT2D eigenvalue weighted by Gasteiger charge is 2.35. The number of ether oxygens (including phenoxy) is 1. The molecule has 1 saturated heterocycles. The summed E-state index contributed by atoms with van der Waals surface area (Å²) >= 11 is 3.62. The van der Waals surface area contributed by atoms with Crippen LogP contribution in [0, 0.1) is 5.41 Å². The summed E-state index contributed by atoms with van der Waals surface area (Å²) in [6, 6.07) is 0. The summed E-state index contributed by atoms with van der Waals surface area (Å²) in [5, 5.41) is 0. The maximum atomic E-state index is 5.58. The second-order valence-electron chi connectivity index (χ2n) is 3.96. The van der Waals surface area contributed by atoms with Crippen LogP contribution in [0.4, 0.5) is 0 Å². The molecule has 1 rings (SSSR count). The third-order valence-corrected chi connectivity index (χ3v) is 2.81. The topological polar surface area (TPSA) is 9.23 Å². The van der Waals surface area contributed by atoms with Crippen molar-refractivity contribution < 1.29 is 4.74 Å². The highest BCUT2D eigenvalue weighted by atomic mass is 79.9. The van der Waals surface area contributed by atoms with Gasteiger partial charge in [-0.2, -0.15) is 0 Å². The Labute approximate surface area is 71.3 Å². The van der Waals surface area contributed by atoms with Gasteiger partial charge in [-0.05, 0) is 11.8 Å². The van der Waals surface area contributed by atoms with Crippen molar-refractivity contribution in [1.82, 2.24) is 0 Å². The quantitative estimate of drug-likeness (QED) is 0.554. The lowest BCUT2D eigenvalue weighted by Gasteiger charge is -2.28. The van der Waals surface area contributed by atoms with E-state index in [-0.39, 0.29) is 5.41 Å². The van der Waals surface area contributed by atoms with E-state index in [1.54, 1.807) is 0 Å². The summed E-state index contributed by atoms with van der Waals surface area (Å²) in [5.74, 6) is 0. The summed E-state index contributed by atoms with van der Waals surface area (Å²) in [5.41, 5.74) is 0.282. The van der Waals surface area contributed by atoms with Crippen LogP contribution in [0.3, 0.4) is 0 Å². The molecule has 0 N–H and O–H groups in total. The Bertz CT molecular complexity index is 117. The van der Waals surface area contributed by atoms with Crippen LogP contribution < -0.4 is 0 Å². The molecule has 0 unspecified atom stereocenters. The van der Waals surface area contributed by atoms with Gasteiger partial charge in [-0.3, -0.25) is 0 Å². The van der Waals surface area contributed by atoms with E-state index in [2.05, 4.69) is 36.7 Å². The predicted molar refractivity (Wildman–Crippen MR) is 46.5 cm³/mol. The Morgan fingerprint density at radius 2 is 2.00 bits per heavy atom. The highest BCUT2D eigenvalue weighted by Crippen LogP contribution is 2.34. The lowest BCUT2D eigenvalue weighted by atomic mass is 9.87. The fraction of sp³-hybridized carbons (Fsp3) is 1.00. The molecule has 0 aromatic rings. The second-order valence-corrected chi connectivity index (χ2v) is 5.14. The fourth-order valence-corrected chi connectivity index (χ4v) is 2.49. The summed E-state index contributed by atoms with van der Waals surface area (Å²) in [6.07, 6.45) is 1.55. The molecular weight excluding hydrogens is 192 g/mol. The molecule has 1 heterocycles. The van der Waals surface area contributed by atoms with Gasteiger partial charge in [0.05, 0.1) is 6.10 Å². The molecule has 0 amide bonds. The van der Waals surface area contributed by atoms with Gasteiger partial charge >= 0.3 is 0 Å². The van der Waals surface area contributed by atoms with E-state index in [0.29, 0.717) is 10.9 Å². The van der Waals surface area contributed by atoms with Gasteiger partial charge in [0.25, 0.3) is 0 Å². The Hall–Kier alpha value is 0.440. The third-order valence-electron chi connectivity index (χ3n) is 1.87. The average molecular weight is 207 g/mol. The number of alkyl halides is 1. The fourth-order valence-electron chi connectivity index (χ4n) is 1.36. The maximum Gasteiger partial charge on any atom is 0.0749 e. The zero-order chi connectivity index (χ0) is 7.78. The van der Waals surface area contributed by atoms with Crippen LogP contribution in [0.5, 0.6) is 0 Å². The first kappa shape index (κ1) is 8.54. The first-order valence-corrected chi connectivity index (χ1v) is 4.69. The van der Waals surface area contributed by atoms with E-state index in [4.69, 9.17) is 4.74 Å². The molecule has 60 valence electrons. The first-order chi connectivity index (χ1) is 4.52. The lowest BCUT2D eigenvalue weighted by molar-refractivity contribution is 0.0321. The van der Waals surface area contributed by atoms with E-state index in [0.717, 1.165) is 13.0 Å². The van der Waals surface area contributed by atoms with Crippen LogP contribution in [-0.2, 0) is 4.74 Å². The molecule has 2 heteroatoms. The molecular formula is C8H15BrO. The molecule has 0 bridgehead atoms. The number of halogens is 1. The number of rotatable bonds is 0. The predicted octanol–water partition coefficient (Wildman–Crippen LogP) is 2.58. The summed E-state index contributed by atoms with van der Waals surface area (Å²) < 4.78 is 5.58. The normalized spacial score (nSPS) is 34.8. The monoisotopic (exact) mass is 206 g/mol. The van der Waals surface area contributed by atoms with Crippen molar-refractivity contribution >= 4 is 15.9 Å². The Kier molecular flexibility index (Phi) is 2.41. The molecule has 1 fully saturated rings. The molecule has 2 atom stereocenters. The molecule has 0 aromatic heterocycles. The van der Waals surface area contributed by atoms with E-state index in [1.807, 2.05) is 0 Å². The van der Waals surface area contributed by atoms with E-state index in [9.17, 15) is 0 Å². The van der Waals surface area contributed by atoms with Crippen molar-refractivity contribution in [3.8, 4) is 0 Å². The van der Waals surface area contributed by atoms with Crippen molar-refractivity contribution in [2.75, 3.05) is 6.61 Å². The molecule has 0 radical (unpaired) electrons. The van der Waals surface area contributed by atoms with E-state index >= 15 is 0 Å². The highest BCUT2D eigenvalue weighted by molar-refractivity contribution is 9.09. The number of hydrogen-bond donors (Lipinski definition) is 0.